The lowest BCUT2D eigenvalue weighted by Crippen LogP contribution is -2.38. The van der Waals surface area contributed by atoms with Gasteiger partial charge in [-0.25, -0.2) is 4.98 Å². The molecule has 1 fully saturated rings. The van der Waals surface area contributed by atoms with Gasteiger partial charge in [0.15, 0.2) is 0 Å². The quantitative estimate of drug-likeness (QED) is 0.847. The van der Waals surface area contributed by atoms with Crippen LogP contribution in [0.5, 0.6) is 0 Å². The Balaban J connectivity index is 1.91. The van der Waals surface area contributed by atoms with Crippen LogP contribution in [0, 0.1) is 0 Å². The van der Waals surface area contributed by atoms with Gasteiger partial charge in [0, 0.05) is 17.8 Å². The molecule has 110 valence electrons. The Bertz CT molecular complexity index is 441. The van der Waals surface area contributed by atoms with E-state index in [4.69, 9.17) is 0 Å². The Morgan fingerprint density at radius 2 is 2.15 bits per heavy atom. The lowest BCUT2D eigenvalue weighted by atomic mass is 10.1. The summed E-state index contributed by atoms with van der Waals surface area (Å²) in [4.78, 5) is 16.3. The average molecular weight is 293 g/mol. The summed E-state index contributed by atoms with van der Waals surface area (Å²) in [6, 6.07) is 3.67. The number of hydrogen-bond acceptors (Lipinski definition) is 4. The van der Waals surface area contributed by atoms with Crippen molar-refractivity contribution in [2.75, 3.05) is 24.7 Å². The van der Waals surface area contributed by atoms with Crippen molar-refractivity contribution in [3.63, 3.8) is 0 Å². The van der Waals surface area contributed by atoms with Gasteiger partial charge in [0.1, 0.15) is 5.69 Å². The highest BCUT2D eigenvalue weighted by molar-refractivity contribution is 8.00. The van der Waals surface area contributed by atoms with E-state index in [0.717, 1.165) is 18.8 Å². The SMILES string of the molecule is CCNc1ccc(C(=O)NCC2(SC)CCCC2)nc1. The lowest BCUT2D eigenvalue weighted by molar-refractivity contribution is 0.0944. The van der Waals surface area contributed by atoms with E-state index < -0.39 is 0 Å². The van der Waals surface area contributed by atoms with E-state index in [0.29, 0.717) is 5.69 Å². The second kappa shape index (κ2) is 6.97. The van der Waals surface area contributed by atoms with E-state index in [1.807, 2.05) is 24.8 Å². The molecule has 0 spiro atoms. The van der Waals surface area contributed by atoms with Gasteiger partial charge in [-0.2, -0.15) is 11.8 Å². The molecule has 1 saturated carbocycles. The van der Waals surface area contributed by atoms with Crippen LogP contribution < -0.4 is 10.6 Å². The van der Waals surface area contributed by atoms with Crippen LogP contribution in [0.2, 0.25) is 0 Å². The molecule has 0 atom stereocenters. The standard InChI is InChI=1S/C15H23N3OS/c1-3-16-12-6-7-13(17-10-12)14(19)18-11-15(20-2)8-4-5-9-15/h6-7,10,16H,3-5,8-9,11H2,1-2H3,(H,18,19). The van der Waals surface area contributed by atoms with Crippen molar-refractivity contribution in [3.8, 4) is 0 Å². The Morgan fingerprint density at radius 1 is 1.40 bits per heavy atom. The van der Waals surface area contributed by atoms with Crippen molar-refractivity contribution >= 4 is 23.4 Å². The van der Waals surface area contributed by atoms with Gasteiger partial charge >= 0.3 is 0 Å². The van der Waals surface area contributed by atoms with Gasteiger partial charge in [-0.15, -0.1) is 0 Å². The monoisotopic (exact) mass is 293 g/mol. The third-order valence-corrected chi connectivity index (χ3v) is 5.31. The minimum Gasteiger partial charge on any atom is -0.384 e. The maximum atomic E-state index is 12.1. The predicted octanol–water partition coefficient (Wildman–Crippen LogP) is 2.92. The van der Waals surface area contributed by atoms with Crippen LogP contribution in [0.25, 0.3) is 0 Å². The van der Waals surface area contributed by atoms with Gasteiger partial charge in [-0.3, -0.25) is 4.79 Å². The highest BCUT2D eigenvalue weighted by Gasteiger charge is 2.33. The molecule has 5 heteroatoms. The fraction of sp³-hybridized carbons (Fsp3) is 0.600. The molecule has 0 aromatic carbocycles. The Hall–Kier alpha value is -1.23. The first-order valence-electron chi connectivity index (χ1n) is 7.22. The van der Waals surface area contributed by atoms with Crippen molar-refractivity contribution in [2.45, 2.75) is 37.4 Å². The lowest BCUT2D eigenvalue weighted by Gasteiger charge is -2.26. The van der Waals surface area contributed by atoms with E-state index in [2.05, 4.69) is 21.9 Å². The maximum absolute atomic E-state index is 12.1. The second-order valence-electron chi connectivity index (χ2n) is 5.24. The van der Waals surface area contributed by atoms with Crippen LogP contribution in [-0.4, -0.2) is 35.0 Å². The van der Waals surface area contributed by atoms with Crippen LogP contribution in [0.4, 0.5) is 5.69 Å². The van der Waals surface area contributed by atoms with Gasteiger partial charge in [0.05, 0.1) is 11.9 Å². The van der Waals surface area contributed by atoms with E-state index in [1.54, 1.807) is 12.3 Å². The first kappa shape index (κ1) is 15.2. The average Bonchev–Trinajstić information content (AvgIpc) is 2.95. The van der Waals surface area contributed by atoms with Crippen LogP contribution in [0.15, 0.2) is 18.3 Å². The number of pyridine rings is 1. The summed E-state index contributed by atoms with van der Waals surface area (Å²) in [6.45, 7) is 3.62. The molecular weight excluding hydrogens is 270 g/mol. The molecule has 2 N–H and O–H groups in total. The number of thioether (sulfide) groups is 1. The number of nitrogens with one attached hydrogen (secondary N) is 2. The molecule has 4 nitrogen and oxygen atoms in total. The summed E-state index contributed by atoms with van der Waals surface area (Å²) < 4.78 is 0.235. The van der Waals surface area contributed by atoms with E-state index >= 15 is 0 Å². The number of nitrogens with zero attached hydrogens (tertiary/aromatic N) is 1. The van der Waals surface area contributed by atoms with Crippen molar-refractivity contribution < 1.29 is 4.79 Å². The summed E-state index contributed by atoms with van der Waals surface area (Å²) in [5.41, 5.74) is 1.43. The van der Waals surface area contributed by atoms with Crippen molar-refractivity contribution in [3.05, 3.63) is 24.0 Å². The maximum Gasteiger partial charge on any atom is 0.269 e. The zero-order chi connectivity index (χ0) is 14.4. The molecular formula is C15H23N3OS. The van der Waals surface area contributed by atoms with Crippen molar-refractivity contribution in [2.24, 2.45) is 0 Å². The first-order valence-corrected chi connectivity index (χ1v) is 8.45. The molecule has 2 rings (SSSR count). The smallest absolute Gasteiger partial charge is 0.269 e. The van der Waals surface area contributed by atoms with Gasteiger partial charge in [-0.1, -0.05) is 12.8 Å². The van der Waals surface area contributed by atoms with Gasteiger partial charge in [-0.05, 0) is 38.2 Å². The first-order chi connectivity index (χ1) is 9.69. The molecule has 1 heterocycles. The van der Waals surface area contributed by atoms with Crippen LogP contribution in [0.1, 0.15) is 43.1 Å². The van der Waals surface area contributed by atoms with Crippen LogP contribution >= 0.6 is 11.8 Å². The third-order valence-electron chi connectivity index (χ3n) is 3.90. The number of anilines is 1. The van der Waals surface area contributed by atoms with Crippen LogP contribution in [-0.2, 0) is 0 Å². The zero-order valence-corrected chi connectivity index (χ0v) is 13.1. The molecule has 0 unspecified atom stereocenters. The normalized spacial score (nSPS) is 16.9. The van der Waals surface area contributed by atoms with Crippen LogP contribution in [0.3, 0.4) is 0 Å². The minimum absolute atomic E-state index is 0.0756. The number of carbonyl (C=O) groups excluding carboxylic acids is 1. The third kappa shape index (κ3) is 3.66. The Labute approximate surface area is 125 Å². The summed E-state index contributed by atoms with van der Waals surface area (Å²) in [6.07, 6.45) is 8.78. The van der Waals surface area contributed by atoms with Gasteiger partial charge in [0.25, 0.3) is 5.91 Å². The molecule has 20 heavy (non-hydrogen) atoms. The second-order valence-corrected chi connectivity index (χ2v) is 6.51. The fourth-order valence-corrected chi connectivity index (χ4v) is 3.55. The molecule has 1 aromatic rings. The van der Waals surface area contributed by atoms with E-state index in [9.17, 15) is 4.79 Å². The van der Waals surface area contributed by atoms with Crippen molar-refractivity contribution in [1.82, 2.24) is 10.3 Å². The number of rotatable bonds is 6. The summed E-state index contributed by atoms with van der Waals surface area (Å²) in [5, 5.41) is 6.21. The molecule has 0 bridgehead atoms. The molecule has 1 aliphatic rings. The van der Waals surface area contributed by atoms with E-state index in [1.165, 1.54) is 25.7 Å². The Kier molecular flexibility index (Phi) is 5.29. The largest absolute Gasteiger partial charge is 0.384 e. The molecule has 1 aliphatic carbocycles. The topological polar surface area (TPSA) is 54.0 Å². The molecule has 0 radical (unpaired) electrons. The fourth-order valence-electron chi connectivity index (χ4n) is 2.64. The zero-order valence-electron chi connectivity index (χ0n) is 12.2. The molecule has 0 aliphatic heterocycles. The van der Waals surface area contributed by atoms with E-state index in [-0.39, 0.29) is 10.7 Å². The number of aromatic nitrogens is 1. The highest BCUT2D eigenvalue weighted by Crippen LogP contribution is 2.39. The van der Waals surface area contributed by atoms with Gasteiger partial charge < -0.3 is 10.6 Å². The Morgan fingerprint density at radius 3 is 2.70 bits per heavy atom. The predicted molar refractivity (Wildman–Crippen MR) is 85.4 cm³/mol. The molecule has 0 saturated heterocycles. The summed E-state index contributed by atoms with van der Waals surface area (Å²) >= 11 is 1.88. The number of carbonyl (C=O) groups is 1. The summed E-state index contributed by atoms with van der Waals surface area (Å²) in [7, 11) is 0. The minimum atomic E-state index is -0.0756. The van der Waals surface area contributed by atoms with Crippen molar-refractivity contribution in [1.29, 1.82) is 0 Å². The molecule has 1 amide bonds. The highest BCUT2D eigenvalue weighted by atomic mass is 32.2. The number of hydrogen-bond donors (Lipinski definition) is 2. The molecule has 1 aromatic heterocycles. The van der Waals surface area contributed by atoms with Gasteiger partial charge in [0.2, 0.25) is 0 Å². The summed E-state index contributed by atoms with van der Waals surface area (Å²) in [5.74, 6) is -0.0756. The number of amides is 1.